The maximum atomic E-state index is 13.6. The number of anilines is 2. The first kappa shape index (κ1) is 13.3. The van der Waals surface area contributed by atoms with Gasteiger partial charge in [0.05, 0.1) is 17.8 Å². The van der Waals surface area contributed by atoms with Crippen LogP contribution in [-0.2, 0) is 16.0 Å². The molecule has 4 nitrogen and oxygen atoms in total. The quantitative estimate of drug-likeness (QED) is 0.611. The van der Waals surface area contributed by atoms with Crippen molar-refractivity contribution < 1.29 is 13.9 Å². The van der Waals surface area contributed by atoms with Gasteiger partial charge in [-0.2, -0.15) is 0 Å². The van der Waals surface area contributed by atoms with Crippen LogP contribution in [0.5, 0.6) is 0 Å². The second-order valence-electron chi connectivity index (χ2n) is 4.80. The van der Waals surface area contributed by atoms with Crippen LogP contribution in [-0.4, -0.2) is 11.6 Å². The topological polar surface area (TPSA) is 78.3 Å². The predicted octanol–water partition coefficient (Wildman–Crippen LogP) is 1.87. The fourth-order valence-corrected chi connectivity index (χ4v) is 1.32. The number of carbonyl (C=O) groups is 1. The molecule has 5 heteroatoms. The largest absolute Gasteiger partial charge is 0.460 e. The molecule has 1 aromatic rings. The van der Waals surface area contributed by atoms with Crippen LogP contribution in [0.2, 0.25) is 0 Å². The molecule has 94 valence electrons. The van der Waals surface area contributed by atoms with E-state index in [1.165, 1.54) is 12.1 Å². The Morgan fingerprint density at radius 2 is 1.94 bits per heavy atom. The van der Waals surface area contributed by atoms with Gasteiger partial charge in [0, 0.05) is 5.56 Å². The van der Waals surface area contributed by atoms with Crippen molar-refractivity contribution in [1.82, 2.24) is 0 Å². The number of ether oxygens (including phenoxy) is 1. The molecule has 0 amide bonds. The molecule has 0 aliphatic rings. The molecular formula is C12H17FN2O2. The maximum Gasteiger partial charge on any atom is 0.310 e. The Morgan fingerprint density at radius 1 is 1.35 bits per heavy atom. The number of rotatable bonds is 2. The third-order valence-corrected chi connectivity index (χ3v) is 2.05. The van der Waals surface area contributed by atoms with E-state index in [1.54, 1.807) is 20.8 Å². The van der Waals surface area contributed by atoms with Gasteiger partial charge in [0.2, 0.25) is 0 Å². The molecule has 0 spiro atoms. The summed E-state index contributed by atoms with van der Waals surface area (Å²) in [4.78, 5) is 11.5. The number of benzene rings is 1. The second-order valence-corrected chi connectivity index (χ2v) is 4.80. The summed E-state index contributed by atoms with van der Waals surface area (Å²) in [5.41, 5.74) is 10.5. The van der Waals surface area contributed by atoms with Gasteiger partial charge in [0.1, 0.15) is 5.60 Å². The van der Waals surface area contributed by atoms with Crippen molar-refractivity contribution >= 4 is 17.3 Å². The monoisotopic (exact) mass is 240 g/mol. The van der Waals surface area contributed by atoms with Gasteiger partial charge in [-0.05, 0) is 26.8 Å². The van der Waals surface area contributed by atoms with Crippen LogP contribution < -0.4 is 11.5 Å². The van der Waals surface area contributed by atoms with E-state index in [2.05, 4.69) is 0 Å². The van der Waals surface area contributed by atoms with Crippen molar-refractivity contribution in [3.05, 3.63) is 23.5 Å². The highest BCUT2D eigenvalue weighted by atomic mass is 19.1. The summed E-state index contributed by atoms with van der Waals surface area (Å²) in [6, 6.07) is 2.91. The highest BCUT2D eigenvalue weighted by Crippen LogP contribution is 2.23. The zero-order chi connectivity index (χ0) is 13.2. The molecule has 4 N–H and O–H groups in total. The molecule has 0 radical (unpaired) electrons. The van der Waals surface area contributed by atoms with Crippen molar-refractivity contribution in [2.24, 2.45) is 0 Å². The van der Waals surface area contributed by atoms with Gasteiger partial charge >= 0.3 is 5.97 Å². The number of carbonyl (C=O) groups excluding carboxylic acids is 1. The van der Waals surface area contributed by atoms with Crippen LogP contribution in [0.25, 0.3) is 0 Å². The van der Waals surface area contributed by atoms with E-state index < -0.39 is 17.4 Å². The predicted molar refractivity (Wildman–Crippen MR) is 64.8 cm³/mol. The fraction of sp³-hybridized carbons (Fsp3) is 0.417. The lowest BCUT2D eigenvalue weighted by Gasteiger charge is -2.19. The number of nitrogen functional groups attached to an aromatic ring is 2. The number of halogens is 1. The zero-order valence-corrected chi connectivity index (χ0v) is 10.2. The molecule has 0 aliphatic heterocycles. The molecule has 0 saturated heterocycles. The minimum atomic E-state index is -0.657. The maximum absolute atomic E-state index is 13.6. The second kappa shape index (κ2) is 4.61. The average Bonchev–Trinajstić information content (AvgIpc) is 2.16. The Kier molecular flexibility index (Phi) is 3.60. The Hall–Kier alpha value is -1.78. The van der Waals surface area contributed by atoms with Crippen molar-refractivity contribution in [3.63, 3.8) is 0 Å². The van der Waals surface area contributed by atoms with Gasteiger partial charge in [0.15, 0.2) is 5.82 Å². The smallest absolute Gasteiger partial charge is 0.310 e. The third kappa shape index (κ3) is 3.62. The lowest BCUT2D eigenvalue weighted by molar-refractivity contribution is -0.153. The lowest BCUT2D eigenvalue weighted by Crippen LogP contribution is -2.25. The number of nitrogens with two attached hydrogens (primary N) is 2. The molecule has 0 heterocycles. The van der Waals surface area contributed by atoms with E-state index in [4.69, 9.17) is 16.2 Å². The summed E-state index contributed by atoms with van der Waals surface area (Å²) < 4.78 is 18.7. The van der Waals surface area contributed by atoms with E-state index in [0.29, 0.717) is 0 Å². The molecular weight excluding hydrogens is 223 g/mol. The lowest BCUT2D eigenvalue weighted by atomic mass is 10.1. The summed E-state index contributed by atoms with van der Waals surface area (Å²) in [5, 5.41) is 0. The first-order valence-corrected chi connectivity index (χ1v) is 5.25. The number of hydrogen-bond acceptors (Lipinski definition) is 4. The van der Waals surface area contributed by atoms with Crippen LogP contribution in [0.4, 0.5) is 15.8 Å². The molecule has 0 aromatic heterocycles. The Morgan fingerprint density at radius 3 is 2.47 bits per heavy atom. The molecule has 17 heavy (non-hydrogen) atoms. The van der Waals surface area contributed by atoms with Gasteiger partial charge in [-0.25, -0.2) is 4.39 Å². The summed E-state index contributed by atoms with van der Waals surface area (Å²) in [7, 11) is 0. The van der Waals surface area contributed by atoms with Crippen LogP contribution in [0.3, 0.4) is 0 Å². The third-order valence-electron chi connectivity index (χ3n) is 2.05. The molecule has 0 saturated carbocycles. The van der Waals surface area contributed by atoms with Crippen LogP contribution >= 0.6 is 0 Å². The first-order valence-electron chi connectivity index (χ1n) is 5.25. The Balaban J connectivity index is 2.83. The molecule has 0 aliphatic carbocycles. The van der Waals surface area contributed by atoms with Crippen LogP contribution in [0.15, 0.2) is 12.1 Å². The molecule has 1 rings (SSSR count). The van der Waals surface area contributed by atoms with E-state index in [1.807, 2.05) is 0 Å². The Bertz CT molecular complexity index is 439. The van der Waals surface area contributed by atoms with Gasteiger partial charge < -0.3 is 16.2 Å². The molecule has 0 bridgehead atoms. The minimum Gasteiger partial charge on any atom is -0.460 e. The van der Waals surface area contributed by atoms with E-state index in [0.717, 1.165) is 0 Å². The van der Waals surface area contributed by atoms with E-state index in [-0.39, 0.29) is 23.4 Å². The van der Waals surface area contributed by atoms with Gasteiger partial charge in [-0.1, -0.05) is 6.07 Å². The van der Waals surface area contributed by atoms with E-state index >= 15 is 0 Å². The van der Waals surface area contributed by atoms with E-state index in [9.17, 15) is 9.18 Å². The number of esters is 1. The number of hydrogen-bond donors (Lipinski definition) is 2. The van der Waals surface area contributed by atoms with Crippen LogP contribution in [0, 0.1) is 5.82 Å². The van der Waals surface area contributed by atoms with Crippen molar-refractivity contribution in [2.75, 3.05) is 11.5 Å². The SMILES string of the molecule is CC(C)(C)OC(=O)Cc1ccc(N)c(N)c1F. The zero-order valence-electron chi connectivity index (χ0n) is 10.2. The normalized spacial score (nSPS) is 11.3. The van der Waals surface area contributed by atoms with Crippen LogP contribution in [0.1, 0.15) is 26.3 Å². The van der Waals surface area contributed by atoms with Crippen molar-refractivity contribution in [1.29, 1.82) is 0 Å². The fourth-order valence-electron chi connectivity index (χ4n) is 1.32. The van der Waals surface area contributed by atoms with Gasteiger partial charge in [-0.15, -0.1) is 0 Å². The summed E-state index contributed by atoms with van der Waals surface area (Å²) >= 11 is 0. The Labute approximate surface area is 99.7 Å². The minimum absolute atomic E-state index is 0.133. The molecule has 0 atom stereocenters. The first-order chi connectivity index (χ1) is 7.70. The average molecular weight is 240 g/mol. The summed E-state index contributed by atoms with van der Waals surface area (Å²) in [6.45, 7) is 5.25. The van der Waals surface area contributed by atoms with Gasteiger partial charge in [-0.3, -0.25) is 4.79 Å². The highest BCUT2D eigenvalue weighted by molar-refractivity contribution is 5.75. The standard InChI is InChI=1S/C12H17FN2O2/c1-12(2,3)17-9(16)6-7-4-5-8(14)11(15)10(7)13/h4-5H,6,14-15H2,1-3H3. The summed E-state index contributed by atoms with van der Waals surface area (Å²) in [6.07, 6.45) is -0.159. The molecule has 0 unspecified atom stereocenters. The summed E-state index contributed by atoms with van der Waals surface area (Å²) in [5.74, 6) is -1.16. The molecule has 1 aromatic carbocycles. The van der Waals surface area contributed by atoms with Crippen molar-refractivity contribution in [2.45, 2.75) is 32.8 Å². The van der Waals surface area contributed by atoms with Gasteiger partial charge in [0.25, 0.3) is 0 Å². The molecule has 0 fully saturated rings. The highest BCUT2D eigenvalue weighted by Gasteiger charge is 2.19. The van der Waals surface area contributed by atoms with Crippen molar-refractivity contribution in [3.8, 4) is 0 Å².